The van der Waals surface area contributed by atoms with Crippen LogP contribution < -0.4 is 10.1 Å². The van der Waals surface area contributed by atoms with E-state index < -0.39 is 0 Å². The summed E-state index contributed by atoms with van der Waals surface area (Å²) in [4.78, 5) is 6.84. The molecular weight excluding hydrogens is 401 g/mol. The van der Waals surface area contributed by atoms with Gasteiger partial charge in [-0.2, -0.15) is 0 Å². The van der Waals surface area contributed by atoms with E-state index in [1.165, 1.54) is 24.0 Å². The van der Waals surface area contributed by atoms with Crippen LogP contribution in [-0.4, -0.2) is 44.1 Å². The summed E-state index contributed by atoms with van der Waals surface area (Å²) in [6.07, 6.45) is 4.68. The molecule has 1 aromatic carbocycles. The van der Waals surface area contributed by atoms with Crippen LogP contribution in [0.1, 0.15) is 30.9 Å². The zero-order valence-electron chi connectivity index (χ0n) is 14.2. The summed E-state index contributed by atoms with van der Waals surface area (Å²) in [6, 6.07) is 6.58. The third-order valence-corrected chi connectivity index (χ3v) is 4.62. The molecule has 1 N–H and O–H groups in total. The fraction of sp³-hybridized carbons (Fsp3) is 0.611. The third kappa shape index (κ3) is 4.75. The first-order valence-electron chi connectivity index (χ1n) is 8.46. The Labute approximate surface area is 156 Å². The number of ether oxygens (including phenoxy) is 1. The van der Waals surface area contributed by atoms with E-state index in [9.17, 15) is 0 Å². The van der Waals surface area contributed by atoms with Crippen LogP contribution in [0.2, 0.25) is 0 Å². The quantitative estimate of drug-likeness (QED) is 0.456. The summed E-state index contributed by atoms with van der Waals surface area (Å²) < 4.78 is 5.56. The normalized spacial score (nSPS) is 20.5. The Bertz CT molecular complexity index is 547. The third-order valence-electron chi connectivity index (χ3n) is 4.62. The fourth-order valence-corrected chi connectivity index (χ4v) is 3.43. The average Bonchev–Trinajstić information content (AvgIpc) is 2.99. The summed E-state index contributed by atoms with van der Waals surface area (Å²) in [5, 5.41) is 3.52. The number of hydrogen-bond donors (Lipinski definition) is 1. The number of halogens is 1. The number of nitrogens with one attached hydrogen (secondary N) is 1. The van der Waals surface area contributed by atoms with Crippen molar-refractivity contribution in [3.63, 3.8) is 0 Å². The van der Waals surface area contributed by atoms with Crippen LogP contribution in [0.25, 0.3) is 0 Å². The van der Waals surface area contributed by atoms with Crippen LogP contribution in [0.5, 0.6) is 5.75 Å². The Morgan fingerprint density at radius 2 is 2.30 bits per heavy atom. The van der Waals surface area contributed by atoms with Crippen LogP contribution in [-0.2, 0) is 12.8 Å². The van der Waals surface area contributed by atoms with Crippen molar-refractivity contribution in [3.8, 4) is 5.75 Å². The van der Waals surface area contributed by atoms with Gasteiger partial charge in [0.25, 0.3) is 0 Å². The zero-order chi connectivity index (χ0) is 15.4. The van der Waals surface area contributed by atoms with Crippen LogP contribution >= 0.6 is 24.0 Å². The molecular formula is C18H28IN3O. The van der Waals surface area contributed by atoms with Gasteiger partial charge >= 0.3 is 0 Å². The summed E-state index contributed by atoms with van der Waals surface area (Å²) >= 11 is 0. The number of likely N-dealkylation sites (tertiary alicyclic amines) is 1. The van der Waals surface area contributed by atoms with Crippen LogP contribution in [0, 0.1) is 5.92 Å². The molecule has 1 atom stereocenters. The highest BCUT2D eigenvalue weighted by atomic mass is 127. The average molecular weight is 429 g/mol. The van der Waals surface area contributed by atoms with Gasteiger partial charge in [-0.1, -0.05) is 19.1 Å². The molecule has 1 saturated heterocycles. The van der Waals surface area contributed by atoms with Gasteiger partial charge in [0.15, 0.2) is 5.96 Å². The Kier molecular flexibility index (Phi) is 6.99. The number of hydrogen-bond acceptors (Lipinski definition) is 2. The molecule has 0 radical (unpaired) electrons. The molecule has 0 spiro atoms. The molecule has 2 aliphatic heterocycles. The Morgan fingerprint density at radius 1 is 1.43 bits per heavy atom. The lowest BCUT2D eigenvalue weighted by Crippen LogP contribution is -2.46. The minimum Gasteiger partial charge on any atom is -0.493 e. The minimum absolute atomic E-state index is 0. The summed E-state index contributed by atoms with van der Waals surface area (Å²) in [7, 11) is 1.88. The van der Waals surface area contributed by atoms with Crippen molar-refractivity contribution < 1.29 is 4.74 Å². The summed E-state index contributed by atoms with van der Waals surface area (Å²) in [5.74, 6) is 2.88. The van der Waals surface area contributed by atoms with E-state index in [-0.39, 0.29) is 24.0 Å². The maximum absolute atomic E-state index is 5.56. The molecule has 4 nitrogen and oxygen atoms in total. The van der Waals surface area contributed by atoms with Crippen molar-refractivity contribution in [2.24, 2.45) is 10.9 Å². The molecule has 1 aromatic rings. The van der Waals surface area contributed by atoms with E-state index >= 15 is 0 Å². The van der Waals surface area contributed by atoms with Crippen LogP contribution in [0.4, 0.5) is 0 Å². The number of piperidine rings is 1. The van der Waals surface area contributed by atoms with Crippen LogP contribution in [0.15, 0.2) is 23.2 Å². The van der Waals surface area contributed by atoms with Crippen molar-refractivity contribution in [1.82, 2.24) is 10.2 Å². The molecule has 0 aliphatic carbocycles. The predicted octanol–water partition coefficient (Wildman–Crippen LogP) is 3.09. The number of nitrogens with zero attached hydrogens (tertiary/aromatic N) is 2. The Balaban J connectivity index is 0.00000192. The van der Waals surface area contributed by atoms with Gasteiger partial charge in [-0.3, -0.25) is 4.99 Å². The van der Waals surface area contributed by atoms with Gasteiger partial charge in [0.05, 0.1) is 6.61 Å². The molecule has 0 saturated carbocycles. The molecule has 2 heterocycles. The first-order valence-corrected chi connectivity index (χ1v) is 8.46. The predicted molar refractivity (Wildman–Crippen MR) is 106 cm³/mol. The molecule has 2 aliphatic rings. The lowest BCUT2D eigenvalue weighted by Gasteiger charge is -2.33. The number of guanidine groups is 1. The molecule has 5 heteroatoms. The van der Waals surface area contributed by atoms with Gasteiger partial charge in [-0.25, -0.2) is 0 Å². The van der Waals surface area contributed by atoms with Crippen molar-refractivity contribution in [3.05, 3.63) is 29.3 Å². The van der Waals surface area contributed by atoms with Crippen LogP contribution in [0.3, 0.4) is 0 Å². The largest absolute Gasteiger partial charge is 0.493 e. The second-order valence-corrected chi connectivity index (χ2v) is 6.46. The van der Waals surface area contributed by atoms with Gasteiger partial charge in [-0.15, -0.1) is 24.0 Å². The molecule has 0 bridgehead atoms. The van der Waals surface area contributed by atoms with Gasteiger partial charge in [0.2, 0.25) is 0 Å². The van der Waals surface area contributed by atoms with E-state index in [1.54, 1.807) is 0 Å². The van der Waals surface area contributed by atoms with Crippen molar-refractivity contribution in [2.75, 3.05) is 33.3 Å². The standard InChI is InChI=1S/C18H27N3O.HI/c1-14-4-3-10-21(13-14)18(19-2)20-9-7-15-5-6-17-16(12-15)8-11-22-17;/h5-6,12,14H,3-4,7-11,13H2,1-2H3,(H,19,20);1H. The first kappa shape index (κ1) is 18.4. The number of benzene rings is 1. The molecule has 1 unspecified atom stereocenters. The molecule has 23 heavy (non-hydrogen) atoms. The number of rotatable bonds is 3. The monoisotopic (exact) mass is 429 g/mol. The van der Waals surface area contributed by atoms with E-state index in [0.717, 1.165) is 56.7 Å². The Morgan fingerprint density at radius 3 is 3.09 bits per heavy atom. The second-order valence-electron chi connectivity index (χ2n) is 6.46. The first-order chi connectivity index (χ1) is 10.8. The lowest BCUT2D eigenvalue weighted by atomic mass is 10.0. The van der Waals surface area contributed by atoms with Crippen molar-refractivity contribution in [2.45, 2.75) is 32.6 Å². The van der Waals surface area contributed by atoms with Crippen molar-refractivity contribution in [1.29, 1.82) is 0 Å². The number of fused-ring (bicyclic) bond motifs is 1. The SMILES string of the molecule is CN=C(NCCc1ccc2c(c1)CCO2)N1CCCC(C)C1.I. The maximum Gasteiger partial charge on any atom is 0.193 e. The minimum atomic E-state index is 0. The maximum atomic E-state index is 5.56. The summed E-state index contributed by atoms with van der Waals surface area (Å²) in [6.45, 7) is 6.33. The lowest BCUT2D eigenvalue weighted by molar-refractivity contribution is 0.266. The highest BCUT2D eigenvalue weighted by molar-refractivity contribution is 14.0. The van der Waals surface area contributed by atoms with Crippen molar-refractivity contribution >= 4 is 29.9 Å². The number of aliphatic imine (C=N–C) groups is 1. The molecule has 3 rings (SSSR count). The zero-order valence-corrected chi connectivity index (χ0v) is 16.5. The molecule has 1 fully saturated rings. The highest BCUT2D eigenvalue weighted by Gasteiger charge is 2.19. The molecule has 0 aromatic heterocycles. The smallest absolute Gasteiger partial charge is 0.193 e. The van der Waals surface area contributed by atoms with Gasteiger partial charge < -0.3 is 15.0 Å². The van der Waals surface area contributed by atoms with E-state index in [4.69, 9.17) is 4.74 Å². The van der Waals surface area contributed by atoms with Gasteiger partial charge in [0, 0.05) is 33.1 Å². The second kappa shape index (κ2) is 8.76. The topological polar surface area (TPSA) is 36.9 Å². The van der Waals surface area contributed by atoms with E-state index in [1.807, 2.05) is 7.05 Å². The van der Waals surface area contributed by atoms with E-state index in [2.05, 4.69) is 40.3 Å². The van der Waals surface area contributed by atoms with Gasteiger partial charge in [-0.05, 0) is 42.4 Å². The highest BCUT2D eigenvalue weighted by Crippen LogP contribution is 2.25. The van der Waals surface area contributed by atoms with E-state index in [0.29, 0.717) is 0 Å². The molecule has 0 amide bonds. The Hall–Kier alpha value is -0.980. The fourth-order valence-electron chi connectivity index (χ4n) is 3.43. The molecule has 128 valence electrons. The summed E-state index contributed by atoms with van der Waals surface area (Å²) in [5.41, 5.74) is 2.73. The van der Waals surface area contributed by atoms with Gasteiger partial charge in [0.1, 0.15) is 5.75 Å².